The highest BCUT2D eigenvalue weighted by molar-refractivity contribution is 6.20. The Morgan fingerprint density at radius 1 is 1.42 bits per heavy atom. The average molecular weight is 297 g/mol. The molecule has 1 aliphatic rings. The van der Waals surface area contributed by atoms with Crippen molar-refractivity contribution in [3.05, 3.63) is 11.7 Å². The van der Waals surface area contributed by atoms with E-state index in [-0.39, 0.29) is 24.1 Å². The molecule has 1 saturated carbocycles. The fourth-order valence-corrected chi connectivity index (χ4v) is 2.52. The Balaban J connectivity index is 2.07. The molecular formula is C12H16ClF3N2O. The summed E-state index contributed by atoms with van der Waals surface area (Å²) in [6.45, 7) is 1.88. The molecule has 0 N–H and O–H groups in total. The standard InChI is InChI=1S/C12H16ClF3N2O/c1-2-9(13)10-17-11(19-18-10)7-4-3-5-8(6-7)12(14,15)16/h7-9H,2-6H2,1H3. The number of hydrogen-bond acceptors (Lipinski definition) is 3. The molecule has 1 aromatic heterocycles. The molecule has 3 nitrogen and oxygen atoms in total. The monoisotopic (exact) mass is 296 g/mol. The van der Waals surface area contributed by atoms with Gasteiger partial charge in [0.25, 0.3) is 0 Å². The molecule has 1 fully saturated rings. The summed E-state index contributed by atoms with van der Waals surface area (Å²) in [4.78, 5) is 4.14. The van der Waals surface area contributed by atoms with Crippen LogP contribution < -0.4 is 0 Å². The fraction of sp³-hybridized carbons (Fsp3) is 0.833. The van der Waals surface area contributed by atoms with Crippen LogP contribution in [0.2, 0.25) is 0 Å². The Morgan fingerprint density at radius 2 is 2.16 bits per heavy atom. The van der Waals surface area contributed by atoms with Crippen molar-refractivity contribution >= 4 is 11.6 Å². The van der Waals surface area contributed by atoms with Crippen LogP contribution in [0.4, 0.5) is 13.2 Å². The molecule has 1 aromatic rings. The highest BCUT2D eigenvalue weighted by atomic mass is 35.5. The van der Waals surface area contributed by atoms with Crippen molar-refractivity contribution in [3.8, 4) is 0 Å². The van der Waals surface area contributed by atoms with Gasteiger partial charge in [0.1, 0.15) is 0 Å². The highest BCUT2D eigenvalue weighted by Crippen LogP contribution is 2.43. The van der Waals surface area contributed by atoms with Gasteiger partial charge in [0.05, 0.1) is 11.3 Å². The molecular weight excluding hydrogens is 281 g/mol. The van der Waals surface area contributed by atoms with E-state index in [9.17, 15) is 13.2 Å². The third-order valence-electron chi connectivity index (χ3n) is 3.58. The van der Waals surface area contributed by atoms with Crippen LogP contribution in [0.15, 0.2) is 4.52 Å². The molecule has 7 heteroatoms. The van der Waals surface area contributed by atoms with Crippen molar-refractivity contribution in [1.29, 1.82) is 0 Å². The largest absolute Gasteiger partial charge is 0.391 e. The average Bonchev–Trinajstić information content (AvgIpc) is 2.86. The smallest absolute Gasteiger partial charge is 0.339 e. The van der Waals surface area contributed by atoms with E-state index in [2.05, 4.69) is 10.1 Å². The van der Waals surface area contributed by atoms with Crippen LogP contribution in [0, 0.1) is 5.92 Å². The molecule has 0 saturated heterocycles. The van der Waals surface area contributed by atoms with Gasteiger partial charge in [-0.1, -0.05) is 18.5 Å². The lowest BCUT2D eigenvalue weighted by Gasteiger charge is -2.28. The minimum Gasteiger partial charge on any atom is -0.339 e. The summed E-state index contributed by atoms with van der Waals surface area (Å²) < 4.78 is 43.3. The van der Waals surface area contributed by atoms with E-state index in [0.717, 1.165) is 0 Å². The minimum absolute atomic E-state index is 0.0320. The second-order valence-electron chi connectivity index (χ2n) is 4.97. The van der Waals surface area contributed by atoms with Crippen LogP contribution in [-0.2, 0) is 0 Å². The van der Waals surface area contributed by atoms with Crippen molar-refractivity contribution in [2.75, 3.05) is 0 Å². The Bertz CT molecular complexity index is 421. The molecule has 0 bridgehead atoms. The van der Waals surface area contributed by atoms with E-state index in [0.29, 0.717) is 31.0 Å². The predicted octanol–water partition coefficient (Wildman–Crippen LogP) is 4.60. The van der Waals surface area contributed by atoms with Crippen molar-refractivity contribution in [2.45, 2.75) is 56.5 Å². The Kier molecular flexibility index (Phi) is 4.38. The van der Waals surface area contributed by atoms with Crippen molar-refractivity contribution < 1.29 is 17.7 Å². The number of nitrogens with zero attached hydrogens (tertiary/aromatic N) is 2. The predicted molar refractivity (Wildman–Crippen MR) is 63.9 cm³/mol. The van der Waals surface area contributed by atoms with E-state index in [4.69, 9.17) is 16.1 Å². The zero-order valence-corrected chi connectivity index (χ0v) is 11.3. The molecule has 0 radical (unpaired) electrons. The van der Waals surface area contributed by atoms with Gasteiger partial charge in [0.15, 0.2) is 5.82 Å². The van der Waals surface area contributed by atoms with Gasteiger partial charge in [0.2, 0.25) is 5.89 Å². The lowest BCUT2D eigenvalue weighted by molar-refractivity contribution is -0.183. The fourth-order valence-electron chi connectivity index (χ4n) is 2.43. The SMILES string of the molecule is CCC(Cl)c1noc(C2CCCC(C(F)(F)F)C2)n1. The zero-order valence-electron chi connectivity index (χ0n) is 10.6. The van der Waals surface area contributed by atoms with Gasteiger partial charge in [-0.25, -0.2) is 0 Å². The molecule has 2 rings (SSSR count). The summed E-state index contributed by atoms with van der Waals surface area (Å²) in [5, 5.41) is 3.40. The first-order valence-electron chi connectivity index (χ1n) is 6.46. The Labute approximate surface area is 114 Å². The van der Waals surface area contributed by atoms with Gasteiger partial charge in [-0.3, -0.25) is 0 Å². The Morgan fingerprint density at radius 3 is 2.79 bits per heavy atom. The van der Waals surface area contributed by atoms with E-state index in [1.54, 1.807) is 0 Å². The van der Waals surface area contributed by atoms with E-state index < -0.39 is 12.1 Å². The van der Waals surface area contributed by atoms with Crippen LogP contribution in [0.5, 0.6) is 0 Å². The summed E-state index contributed by atoms with van der Waals surface area (Å²) in [6.07, 6.45) is -2.08. The number of rotatable bonds is 3. The van der Waals surface area contributed by atoms with Crippen molar-refractivity contribution in [1.82, 2.24) is 10.1 Å². The highest BCUT2D eigenvalue weighted by Gasteiger charge is 2.43. The van der Waals surface area contributed by atoms with Crippen LogP contribution >= 0.6 is 11.6 Å². The Hall–Kier alpha value is -0.780. The van der Waals surface area contributed by atoms with E-state index in [1.807, 2.05) is 6.92 Å². The molecule has 19 heavy (non-hydrogen) atoms. The van der Waals surface area contributed by atoms with Gasteiger partial charge in [0, 0.05) is 5.92 Å². The normalized spacial score (nSPS) is 26.4. The van der Waals surface area contributed by atoms with Gasteiger partial charge < -0.3 is 4.52 Å². The second-order valence-corrected chi connectivity index (χ2v) is 5.50. The summed E-state index contributed by atoms with van der Waals surface area (Å²) >= 11 is 5.98. The number of alkyl halides is 4. The summed E-state index contributed by atoms with van der Waals surface area (Å²) in [6, 6.07) is 0. The van der Waals surface area contributed by atoms with Crippen LogP contribution in [0.3, 0.4) is 0 Å². The first-order valence-corrected chi connectivity index (χ1v) is 6.89. The molecule has 3 unspecified atom stereocenters. The van der Waals surface area contributed by atoms with E-state index in [1.165, 1.54) is 0 Å². The molecule has 1 heterocycles. The van der Waals surface area contributed by atoms with Gasteiger partial charge >= 0.3 is 6.18 Å². The van der Waals surface area contributed by atoms with Crippen LogP contribution in [-0.4, -0.2) is 16.3 Å². The number of hydrogen-bond donors (Lipinski definition) is 0. The lowest BCUT2D eigenvalue weighted by atomic mass is 9.81. The van der Waals surface area contributed by atoms with Crippen LogP contribution in [0.25, 0.3) is 0 Å². The molecule has 108 valence electrons. The molecule has 1 aliphatic carbocycles. The van der Waals surface area contributed by atoms with Gasteiger partial charge in [-0.05, 0) is 25.7 Å². The molecule has 0 aliphatic heterocycles. The first kappa shape index (κ1) is 14.6. The quantitative estimate of drug-likeness (QED) is 0.765. The lowest BCUT2D eigenvalue weighted by Crippen LogP contribution is -2.28. The van der Waals surface area contributed by atoms with Gasteiger partial charge in [-0.2, -0.15) is 18.2 Å². The maximum Gasteiger partial charge on any atom is 0.391 e. The summed E-state index contributed by atoms with van der Waals surface area (Å²) in [7, 11) is 0. The van der Waals surface area contributed by atoms with Gasteiger partial charge in [-0.15, -0.1) is 11.6 Å². The third-order valence-corrected chi connectivity index (χ3v) is 4.09. The number of aromatic nitrogens is 2. The van der Waals surface area contributed by atoms with E-state index >= 15 is 0 Å². The maximum atomic E-state index is 12.7. The molecule has 0 amide bonds. The van der Waals surface area contributed by atoms with Crippen molar-refractivity contribution in [2.24, 2.45) is 5.92 Å². The molecule has 0 spiro atoms. The van der Waals surface area contributed by atoms with Crippen molar-refractivity contribution in [3.63, 3.8) is 0 Å². The first-order chi connectivity index (χ1) is 8.91. The third kappa shape index (κ3) is 3.41. The second kappa shape index (κ2) is 5.69. The summed E-state index contributed by atoms with van der Waals surface area (Å²) in [5.41, 5.74) is 0. The topological polar surface area (TPSA) is 38.9 Å². The maximum absolute atomic E-state index is 12.7. The molecule has 3 atom stereocenters. The summed E-state index contributed by atoms with van der Waals surface area (Å²) in [5.74, 6) is -0.904. The molecule has 0 aromatic carbocycles. The zero-order chi connectivity index (χ0) is 14.0. The van der Waals surface area contributed by atoms with Crippen LogP contribution in [0.1, 0.15) is 62.0 Å². The minimum atomic E-state index is -4.14. The number of halogens is 4.